The molecule has 1 aliphatic heterocycles. The van der Waals surface area contributed by atoms with E-state index in [0.29, 0.717) is 0 Å². The highest BCUT2D eigenvalue weighted by molar-refractivity contribution is 6.28. The lowest BCUT2D eigenvalue weighted by molar-refractivity contribution is 0.116. The molecule has 0 spiro atoms. The minimum Gasteiger partial charge on any atom is -0.376 e. The maximum Gasteiger partial charge on any atom is 0.224 e. The van der Waals surface area contributed by atoms with Crippen LogP contribution in [0.25, 0.3) is 10.9 Å². The van der Waals surface area contributed by atoms with Crippen LogP contribution in [0.5, 0.6) is 0 Å². The molecule has 100 valence electrons. The first-order valence-electron chi connectivity index (χ1n) is 6.49. The summed E-state index contributed by atoms with van der Waals surface area (Å²) in [4.78, 5) is 10.7. The molecule has 1 fully saturated rings. The number of para-hydroxylation sites is 1. The molecule has 1 atom stereocenters. The Hall–Kier alpha value is -1.39. The number of halogens is 1. The number of hydrogen-bond donors (Lipinski definition) is 0. The van der Waals surface area contributed by atoms with Crippen molar-refractivity contribution in [2.24, 2.45) is 0 Å². The van der Waals surface area contributed by atoms with Gasteiger partial charge in [0.15, 0.2) is 0 Å². The van der Waals surface area contributed by atoms with E-state index in [0.717, 1.165) is 42.7 Å². The second-order valence-corrected chi connectivity index (χ2v) is 5.19. The molecular formula is C14H16ClN3O. The summed E-state index contributed by atoms with van der Waals surface area (Å²) in [5.74, 6) is 0.867. The zero-order valence-corrected chi connectivity index (χ0v) is 11.6. The van der Waals surface area contributed by atoms with Gasteiger partial charge in [0.25, 0.3) is 0 Å². The topological polar surface area (TPSA) is 38.2 Å². The van der Waals surface area contributed by atoms with Crippen molar-refractivity contribution in [1.82, 2.24) is 9.97 Å². The monoisotopic (exact) mass is 277 g/mol. The quantitative estimate of drug-likeness (QED) is 0.809. The highest BCUT2D eigenvalue weighted by atomic mass is 35.5. The van der Waals surface area contributed by atoms with E-state index in [2.05, 4.69) is 14.9 Å². The Morgan fingerprint density at radius 3 is 3.00 bits per heavy atom. The minimum atomic E-state index is 0.285. The van der Waals surface area contributed by atoms with Crippen molar-refractivity contribution in [2.75, 3.05) is 25.1 Å². The van der Waals surface area contributed by atoms with Crippen LogP contribution in [0.2, 0.25) is 5.28 Å². The SMILES string of the molecule is CN(CC1CCCO1)c1nc(Cl)nc2ccccc12. The summed E-state index contributed by atoms with van der Waals surface area (Å²) in [7, 11) is 2.02. The summed E-state index contributed by atoms with van der Waals surface area (Å²) in [6.07, 6.45) is 2.54. The van der Waals surface area contributed by atoms with E-state index in [1.165, 1.54) is 0 Å². The smallest absolute Gasteiger partial charge is 0.224 e. The Morgan fingerprint density at radius 1 is 1.37 bits per heavy atom. The Bertz CT molecular complexity index is 584. The summed E-state index contributed by atoms with van der Waals surface area (Å²) in [6, 6.07) is 7.91. The van der Waals surface area contributed by atoms with Crippen LogP contribution >= 0.6 is 11.6 Å². The average Bonchev–Trinajstić information content (AvgIpc) is 2.90. The number of likely N-dealkylation sites (N-methyl/N-ethyl adjacent to an activating group) is 1. The number of nitrogens with zero attached hydrogens (tertiary/aromatic N) is 3. The molecule has 1 aliphatic rings. The molecule has 19 heavy (non-hydrogen) atoms. The molecule has 1 aromatic heterocycles. The largest absolute Gasteiger partial charge is 0.376 e. The van der Waals surface area contributed by atoms with Crippen LogP contribution < -0.4 is 4.90 Å². The van der Waals surface area contributed by atoms with Gasteiger partial charge < -0.3 is 9.64 Å². The van der Waals surface area contributed by atoms with E-state index < -0.39 is 0 Å². The number of aromatic nitrogens is 2. The molecular weight excluding hydrogens is 262 g/mol. The predicted molar refractivity (Wildman–Crippen MR) is 76.8 cm³/mol. The van der Waals surface area contributed by atoms with Gasteiger partial charge in [-0.2, -0.15) is 4.98 Å². The van der Waals surface area contributed by atoms with Crippen LogP contribution in [0.15, 0.2) is 24.3 Å². The minimum absolute atomic E-state index is 0.285. The molecule has 0 saturated carbocycles. The predicted octanol–water partition coefficient (Wildman–Crippen LogP) is 2.90. The molecule has 0 amide bonds. The molecule has 1 saturated heterocycles. The average molecular weight is 278 g/mol. The summed E-state index contributed by atoms with van der Waals surface area (Å²) >= 11 is 6.00. The van der Waals surface area contributed by atoms with Gasteiger partial charge in [-0.15, -0.1) is 0 Å². The van der Waals surface area contributed by atoms with Crippen molar-refractivity contribution < 1.29 is 4.74 Å². The Morgan fingerprint density at radius 2 is 2.21 bits per heavy atom. The van der Waals surface area contributed by atoms with Gasteiger partial charge >= 0.3 is 0 Å². The normalized spacial score (nSPS) is 18.9. The standard InChI is InChI=1S/C14H16ClN3O/c1-18(9-10-5-4-8-19-10)13-11-6-2-3-7-12(11)16-14(15)17-13/h2-3,6-7,10H,4-5,8-9H2,1H3. The summed E-state index contributed by atoms with van der Waals surface area (Å²) < 4.78 is 5.67. The lowest BCUT2D eigenvalue weighted by Crippen LogP contribution is -2.29. The highest BCUT2D eigenvalue weighted by Crippen LogP contribution is 2.25. The molecule has 0 N–H and O–H groups in total. The van der Waals surface area contributed by atoms with Crippen LogP contribution in [-0.2, 0) is 4.74 Å². The fourth-order valence-corrected chi connectivity index (χ4v) is 2.67. The van der Waals surface area contributed by atoms with Crippen LogP contribution in [0, 0.1) is 0 Å². The van der Waals surface area contributed by atoms with Gasteiger partial charge in [0.05, 0.1) is 11.6 Å². The zero-order chi connectivity index (χ0) is 13.2. The molecule has 0 aliphatic carbocycles. The Kier molecular flexibility index (Phi) is 3.53. The van der Waals surface area contributed by atoms with Crippen molar-refractivity contribution in [2.45, 2.75) is 18.9 Å². The summed E-state index contributed by atoms with van der Waals surface area (Å²) in [6.45, 7) is 1.70. The van der Waals surface area contributed by atoms with Crippen molar-refractivity contribution in [3.8, 4) is 0 Å². The Balaban J connectivity index is 1.94. The highest BCUT2D eigenvalue weighted by Gasteiger charge is 2.19. The van der Waals surface area contributed by atoms with Gasteiger partial charge in [-0.3, -0.25) is 0 Å². The van der Waals surface area contributed by atoms with Crippen molar-refractivity contribution >= 4 is 28.3 Å². The third-order valence-corrected chi connectivity index (χ3v) is 3.59. The van der Waals surface area contributed by atoms with E-state index in [4.69, 9.17) is 16.3 Å². The number of benzene rings is 1. The molecule has 1 aromatic carbocycles. The van der Waals surface area contributed by atoms with E-state index in [-0.39, 0.29) is 11.4 Å². The number of ether oxygens (including phenoxy) is 1. The van der Waals surface area contributed by atoms with E-state index in [1.54, 1.807) is 0 Å². The van der Waals surface area contributed by atoms with Crippen LogP contribution in [0.3, 0.4) is 0 Å². The molecule has 1 unspecified atom stereocenters. The Labute approximate surface area is 117 Å². The van der Waals surface area contributed by atoms with Gasteiger partial charge in [0, 0.05) is 25.6 Å². The van der Waals surface area contributed by atoms with E-state index >= 15 is 0 Å². The van der Waals surface area contributed by atoms with Crippen molar-refractivity contribution in [3.05, 3.63) is 29.5 Å². The lowest BCUT2D eigenvalue weighted by Gasteiger charge is -2.22. The number of fused-ring (bicyclic) bond motifs is 1. The number of hydrogen-bond acceptors (Lipinski definition) is 4. The van der Waals surface area contributed by atoms with Crippen molar-refractivity contribution in [1.29, 1.82) is 0 Å². The molecule has 2 heterocycles. The fourth-order valence-electron chi connectivity index (χ4n) is 2.50. The van der Waals surface area contributed by atoms with E-state index in [9.17, 15) is 0 Å². The van der Waals surface area contributed by atoms with E-state index in [1.807, 2.05) is 31.3 Å². The second kappa shape index (κ2) is 5.31. The molecule has 0 radical (unpaired) electrons. The molecule has 5 heteroatoms. The number of anilines is 1. The fraction of sp³-hybridized carbons (Fsp3) is 0.429. The maximum absolute atomic E-state index is 6.00. The van der Waals surface area contributed by atoms with Gasteiger partial charge in [0.2, 0.25) is 5.28 Å². The van der Waals surface area contributed by atoms with Gasteiger partial charge in [-0.25, -0.2) is 4.98 Å². The zero-order valence-electron chi connectivity index (χ0n) is 10.8. The molecule has 3 rings (SSSR count). The molecule has 2 aromatic rings. The lowest BCUT2D eigenvalue weighted by atomic mass is 10.2. The summed E-state index contributed by atoms with van der Waals surface area (Å²) in [5.41, 5.74) is 0.872. The van der Waals surface area contributed by atoms with Gasteiger partial charge in [-0.1, -0.05) is 12.1 Å². The first-order valence-corrected chi connectivity index (χ1v) is 6.87. The first kappa shape index (κ1) is 12.6. The van der Waals surface area contributed by atoms with Crippen molar-refractivity contribution in [3.63, 3.8) is 0 Å². The maximum atomic E-state index is 6.00. The second-order valence-electron chi connectivity index (χ2n) is 4.85. The third kappa shape index (κ3) is 2.65. The third-order valence-electron chi connectivity index (χ3n) is 3.42. The number of rotatable bonds is 3. The van der Waals surface area contributed by atoms with Gasteiger partial charge in [0.1, 0.15) is 5.82 Å². The van der Waals surface area contributed by atoms with Crippen LogP contribution in [-0.4, -0.2) is 36.3 Å². The van der Waals surface area contributed by atoms with Crippen LogP contribution in [0.4, 0.5) is 5.82 Å². The van der Waals surface area contributed by atoms with Gasteiger partial charge in [-0.05, 0) is 36.6 Å². The summed E-state index contributed by atoms with van der Waals surface area (Å²) in [5, 5.41) is 1.31. The van der Waals surface area contributed by atoms with Crippen LogP contribution in [0.1, 0.15) is 12.8 Å². The molecule has 0 bridgehead atoms. The molecule has 4 nitrogen and oxygen atoms in total. The first-order chi connectivity index (χ1) is 9.24.